The van der Waals surface area contributed by atoms with E-state index >= 15 is 0 Å². The predicted octanol–water partition coefficient (Wildman–Crippen LogP) is 4.80. The van der Waals surface area contributed by atoms with Crippen LogP contribution in [0.2, 0.25) is 0 Å². The Bertz CT molecular complexity index is 936. The number of fused-ring (bicyclic) bond motifs is 1. The number of carbonyl (C=O) groups excluding carboxylic acids is 1. The zero-order chi connectivity index (χ0) is 16.7. The highest BCUT2D eigenvalue weighted by molar-refractivity contribution is 6.10. The van der Waals surface area contributed by atoms with Gasteiger partial charge in [-0.3, -0.25) is 4.79 Å². The van der Waals surface area contributed by atoms with E-state index in [-0.39, 0.29) is 11.6 Å². The predicted molar refractivity (Wildman–Crippen MR) is 87.5 cm³/mol. The molecular formula is C19H15F2NO. The fourth-order valence-electron chi connectivity index (χ4n) is 3.03. The molecule has 0 atom stereocenters. The largest absolute Gasteiger partial charge is 0.340 e. The van der Waals surface area contributed by atoms with E-state index in [0.717, 1.165) is 5.52 Å². The first-order chi connectivity index (χ1) is 10.9. The molecule has 0 amide bonds. The minimum atomic E-state index is -0.400. The lowest BCUT2D eigenvalue weighted by Crippen LogP contribution is -2.04. The Labute approximate surface area is 132 Å². The van der Waals surface area contributed by atoms with E-state index < -0.39 is 5.82 Å². The molecule has 1 heterocycles. The minimum absolute atomic E-state index is 0.216. The summed E-state index contributed by atoms with van der Waals surface area (Å²) in [5.74, 6) is -0.971. The molecular weight excluding hydrogens is 296 g/mol. The van der Waals surface area contributed by atoms with Crippen LogP contribution in [0.25, 0.3) is 22.0 Å². The fourth-order valence-corrected chi connectivity index (χ4v) is 3.03. The van der Waals surface area contributed by atoms with Gasteiger partial charge in [0.2, 0.25) is 5.78 Å². The second kappa shape index (κ2) is 5.47. The molecule has 116 valence electrons. The van der Waals surface area contributed by atoms with Crippen molar-refractivity contribution < 1.29 is 13.6 Å². The van der Waals surface area contributed by atoms with E-state index in [4.69, 9.17) is 0 Å². The van der Waals surface area contributed by atoms with Gasteiger partial charge in [-0.25, -0.2) is 8.78 Å². The molecule has 0 fully saturated rings. The quantitative estimate of drug-likeness (QED) is 0.503. The SMILES string of the molecule is C=CC(=O)c1c(C)c2cc(F)cc(-c3ccc(F)cc3)c2n1C. The molecule has 0 aliphatic carbocycles. The highest BCUT2D eigenvalue weighted by Crippen LogP contribution is 2.34. The number of rotatable bonds is 3. The Hall–Kier alpha value is -2.75. The number of carbonyl (C=O) groups is 1. The maximum absolute atomic E-state index is 14.1. The molecule has 3 rings (SSSR count). The van der Waals surface area contributed by atoms with Crippen LogP contribution in [0.5, 0.6) is 0 Å². The molecule has 1 aromatic heterocycles. The topological polar surface area (TPSA) is 22.0 Å². The molecule has 2 nitrogen and oxygen atoms in total. The Kier molecular flexibility index (Phi) is 3.60. The maximum Gasteiger partial charge on any atom is 0.201 e. The summed E-state index contributed by atoms with van der Waals surface area (Å²) in [6, 6.07) is 8.67. The summed E-state index contributed by atoms with van der Waals surface area (Å²) >= 11 is 0. The molecule has 0 N–H and O–H groups in total. The molecule has 4 heteroatoms. The molecule has 2 aromatic carbocycles. The maximum atomic E-state index is 14.1. The van der Waals surface area contributed by atoms with Gasteiger partial charge in [-0.2, -0.15) is 0 Å². The van der Waals surface area contributed by atoms with Crippen LogP contribution in [-0.4, -0.2) is 10.4 Å². The van der Waals surface area contributed by atoms with Gasteiger partial charge in [0.25, 0.3) is 0 Å². The minimum Gasteiger partial charge on any atom is -0.340 e. The molecule has 0 aliphatic heterocycles. The molecule has 3 aromatic rings. The lowest BCUT2D eigenvalue weighted by Gasteiger charge is -2.08. The number of aromatic nitrogens is 1. The smallest absolute Gasteiger partial charge is 0.201 e. The monoisotopic (exact) mass is 311 g/mol. The molecule has 0 radical (unpaired) electrons. The van der Waals surface area contributed by atoms with E-state index in [9.17, 15) is 13.6 Å². The number of benzene rings is 2. The number of ketones is 1. The summed E-state index contributed by atoms with van der Waals surface area (Å²) in [4.78, 5) is 12.1. The number of allylic oxidation sites excluding steroid dienone is 1. The first-order valence-corrected chi connectivity index (χ1v) is 7.15. The molecule has 23 heavy (non-hydrogen) atoms. The van der Waals surface area contributed by atoms with Crippen molar-refractivity contribution in [1.29, 1.82) is 0 Å². The second-order valence-electron chi connectivity index (χ2n) is 5.46. The number of aryl methyl sites for hydroxylation is 2. The van der Waals surface area contributed by atoms with Gasteiger partial charge in [-0.1, -0.05) is 18.7 Å². The Balaban J connectivity index is 2.41. The van der Waals surface area contributed by atoms with Gasteiger partial charge in [0, 0.05) is 18.0 Å². The normalized spacial score (nSPS) is 11.0. The van der Waals surface area contributed by atoms with Crippen LogP contribution < -0.4 is 0 Å². The van der Waals surface area contributed by atoms with Crippen molar-refractivity contribution in [1.82, 2.24) is 4.57 Å². The third-order valence-electron chi connectivity index (χ3n) is 4.08. The van der Waals surface area contributed by atoms with Gasteiger partial charge in [0.05, 0.1) is 11.2 Å². The Morgan fingerprint density at radius 1 is 1.13 bits per heavy atom. The highest BCUT2D eigenvalue weighted by atomic mass is 19.1. The molecule has 0 bridgehead atoms. The first kappa shape index (κ1) is 15.2. The summed E-state index contributed by atoms with van der Waals surface area (Å²) in [5.41, 5.74) is 3.22. The zero-order valence-electron chi connectivity index (χ0n) is 12.9. The number of nitrogens with zero attached hydrogens (tertiary/aromatic N) is 1. The number of hydrogen-bond acceptors (Lipinski definition) is 1. The molecule has 0 spiro atoms. The third kappa shape index (κ3) is 2.36. The van der Waals surface area contributed by atoms with Gasteiger partial charge in [-0.05, 0) is 48.4 Å². The lowest BCUT2D eigenvalue weighted by molar-refractivity contribution is 0.103. The summed E-state index contributed by atoms with van der Waals surface area (Å²) < 4.78 is 29.0. The van der Waals surface area contributed by atoms with Crippen LogP contribution in [0.3, 0.4) is 0 Å². The zero-order valence-corrected chi connectivity index (χ0v) is 12.9. The van der Waals surface area contributed by atoms with Gasteiger partial charge >= 0.3 is 0 Å². The van der Waals surface area contributed by atoms with E-state index in [1.165, 1.54) is 30.3 Å². The van der Waals surface area contributed by atoms with Crippen molar-refractivity contribution in [3.63, 3.8) is 0 Å². The van der Waals surface area contributed by atoms with Crippen LogP contribution in [0.1, 0.15) is 16.1 Å². The van der Waals surface area contributed by atoms with Crippen molar-refractivity contribution in [2.75, 3.05) is 0 Å². The van der Waals surface area contributed by atoms with Crippen molar-refractivity contribution >= 4 is 16.7 Å². The summed E-state index contributed by atoms with van der Waals surface area (Å²) in [6.07, 6.45) is 1.25. The van der Waals surface area contributed by atoms with Crippen LogP contribution in [-0.2, 0) is 7.05 Å². The van der Waals surface area contributed by atoms with Gasteiger partial charge in [0.15, 0.2) is 0 Å². The van der Waals surface area contributed by atoms with E-state index in [0.29, 0.717) is 27.8 Å². The lowest BCUT2D eigenvalue weighted by atomic mass is 10.0. The highest BCUT2D eigenvalue weighted by Gasteiger charge is 2.20. The molecule has 0 aliphatic rings. The van der Waals surface area contributed by atoms with E-state index in [2.05, 4.69) is 6.58 Å². The second-order valence-corrected chi connectivity index (χ2v) is 5.46. The summed E-state index contributed by atoms with van der Waals surface area (Å²) in [5, 5.41) is 0.664. The average molecular weight is 311 g/mol. The van der Waals surface area contributed by atoms with Gasteiger partial charge < -0.3 is 4.57 Å². The summed E-state index contributed by atoms with van der Waals surface area (Å²) in [6.45, 7) is 5.30. The Morgan fingerprint density at radius 3 is 2.39 bits per heavy atom. The standard InChI is InChI=1S/C19H15F2NO/c1-4-17(23)18-11(2)15-9-14(21)10-16(19(15)22(18)3)12-5-7-13(20)8-6-12/h4-10H,1H2,2-3H3. The fraction of sp³-hybridized carbons (Fsp3) is 0.105. The molecule has 0 saturated heterocycles. The van der Waals surface area contributed by atoms with Crippen molar-refractivity contribution in [3.05, 3.63) is 71.9 Å². The first-order valence-electron chi connectivity index (χ1n) is 7.15. The van der Waals surface area contributed by atoms with Gasteiger partial charge in [0.1, 0.15) is 11.6 Å². The summed E-state index contributed by atoms with van der Waals surface area (Å²) in [7, 11) is 1.76. The average Bonchev–Trinajstić information content (AvgIpc) is 2.78. The third-order valence-corrected chi connectivity index (χ3v) is 4.08. The van der Waals surface area contributed by atoms with Crippen LogP contribution in [0.15, 0.2) is 49.1 Å². The van der Waals surface area contributed by atoms with E-state index in [1.807, 2.05) is 0 Å². The van der Waals surface area contributed by atoms with Crippen molar-refractivity contribution in [2.24, 2.45) is 7.05 Å². The van der Waals surface area contributed by atoms with Crippen molar-refractivity contribution in [2.45, 2.75) is 6.92 Å². The molecule has 0 saturated carbocycles. The number of halogens is 2. The van der Waals surface area contributed by atoms with E-state index in [1.54, 1.807) is 30.7 Å². The Morgan fingerprint density at radius 2 is 1.78 bits per heavy atom. The molecule has 0 unspecified atom stereocenters. The van der Waals surface area contributed by atoms with Crippen LogP contribution >= 0.6 is 0 Å². The van der Waals surface area contributed by atoms with Crippen LogP contribution in [0, 0.1) is 18.6 Å². The van der Waals surface area contributed by atoms with Crippen molar-refractivity contribution in [3.8, 4) is 11.1 Å². The number of hydrogen-bond donors (Lipinski definition) is 0. The van der Waals surface area contributed by atoms with Crippen LogP contribution in [0.4, 0.5) is 8.78 Å². The van der Waals surface area contributed by atoms with Gasteiger partial charge in [-0.15, -0.1) is 0 Å².